The highest BCUT2D eigenvalue weighted by Gasteiger charge is 2.28. The molecule has 2 N–H and O–H groups in total. The van der Waals surface area contributed by atoms with E-state index >= 15 is 0 Å². The second-order valence-electron chi connectivity index (χ2n) is 5.81. The molecule has 1 amide bonds. The molecular formula is C14H26ClN5O. The van der Waals surface area contributed by atoms with E-state index in [9.17, 15) is 4.79 Å². The molecule has 1 fully saturated rings. The second-order valence-corrected chi connectivity index (χ2v) is 5.81. The predicted octanol–water partition coefficient (Wildman–Crippen LogP) is 1.31. The fourth-order valence-corrected chi connectivity index (χ4v) is 2.64. The molecule has 0 radical (unpaired) electrons. The molecule has 2 unspecified atom stereocenters. The number of hydrogen-bond acceptors (Lipinski definition) is 4. The Kier molecular flexibility index (Phi) is 7.11. The SMILES string of the molecule is CCC(C)C(N)C(=O)N1CCC(Cn2ccnn2)CC1.Cl. The fourth-order valence-electron chi connectivity index (χ4n) is 2.64. The van der Waals surface area contributed by atoms with Crippen LogP contribution < -0.4 is 5.73 Å². The Balaban J connectivity index is 0.00000220. The Labute approximate surface area is 132 Å². The molecule has 120 valence electrons. The first-order chi connectivity index (χ1) is 9.61. The number of nitrogens with two attached hydrogens (primary N) is 1. The van der Waals surface area contributed by atoms with E-state index in [-0.39, 0.29) is 30.3 Å². The summed E-state index contributed by atoms with van der Waals surface area (Å²) >= 11 is 0. The fraction of sp³-hybridized carbons (Fsp3) is 0.786. The average Bonchev–Trinajstić information content (AvgIpc) is 2.98. The van der Waals surface area contributed by atoms with Crippen molar-refractivity contribution in [2.24, 2.45) is 17.6 Å². The van der Waals surface area contributed by atoms with Gasteiger partial charge in [-0.15, -0.1) is 17.5 Å². The lowest BCUT2D eigenvalue weighted by Crippen LogP contribution is -2.49. The molecular weight excluding hydrogens is 290 g/mol. The van der Waals surface area contributed by atoms with Gasteiger partial charge in [0, 0.05) is 25.8 Å². The number of aromatic nitrogens is 3. The van der Waals surface area contributed by atoms with Gasteiger partial charge in [-0.2, -0.15) is 0 Å². The summed E-state index contributed by atoms with van der Waals surface area (Å²) in [6.45, 7) is 6.62. The normalized spacial score (nSPS) is 18.9. The van der Waals surface area contributed by atoms with Crippen LogP contribution in [-0.2, 0) is 11.3 Å². The Morgan fingerprint density at radius 2 is 2.10 bits per heavy atom. The second kappa shape index (κ2) is 8.34. The molecule has 0 bridgehead atoms. The standard InChI is InChI=1S/C14H25N5O.ClH/c1-3-11(2)13(15)14(20)18-7-4-12(5-8-18)10-19-9-6-16-17-19;/h6,9,11-13H,3-5,7-8,10,15H2,1-2H3;1H. The number of nitrogens with zero attached hydrogens (tertiary/aromatic N) is 4. The van der Waals surface area contributed by atoms with Gasteiger partial charge in [0.1, 0.15) is 0 Å². The van der Waals surface area contributed by atoms with Crippen LogP contribution in [-0.4, -0.2) is 44.9 Å². The summed E-state index contributed by atoms with van der Waals surface area (Å²) in [5.41, 5.74) is 6.03. The van der Waals surface area contributed by atoms with Crippen molar-refractivity contribution in [1.82, 2.24) is 19.9 Å². The maximum atomic E-state index is 12.3. The van der Waals surface area contributed by atoms with E-state index in [2.05, 4.69) is 17.2 Å². The third kappa shape index (κ3) is 4.68. The third-order valence-electron chi connectivity index (χ3n) is 4.39. The van der Waals surface area contributed by atoms with Crippen LogP contribution in [0.5, 0.6) is 0 Å². The minimum absolute atomic E-state index is 0. The zero-order chi connectivity index (χ0) is 14.5. The molecule has 1 saturated heterocycles. The van der Waals surface area contributed by atoms with Gasteiger partial charge in [0.25, 0.3) is 0 Å². The number of likely N-dealkylation sites (tertiary alicyclic amines) is 1. The van der Waals surface area contributed by atoms with Gasteiger partial charge < -0.3 is 10.6 Å². The van der Waals surface area contributed by atoms with E-state index in [0.717, 1.165) is 38.9 Å². The van der Waals surface area contributed by atoms with Crippen molar-refractivity contribution in [1.29, 1.82) is 0 Å². The number of hydrogen-bond donors (Lipinski definition) is 1. The van der Waals surface area contributed by atoms with Gasteiger partial charge >= 0.3 is 0 Å². The molecule has 0 aromatic carbocycles. The highest BCUT2D eigenvalue weighted by atomic mass is 35.5. The smallest absolute Gasteiger partial charge is 0.239 e. The Morgan fingerprint density at radius 1 is 1.43 bits per heavy atom. The minimum atomic E-state index is -0.355. The topological polar surface area (TPSA) is 77.0 Å². The average molecular weight is 316 g/mol. The monoisotopic (exact) mass is 315 g/mol. The first-order valence-electron chi connectivity index (χ1n) is 7.50. The largest absolute Gasteiger partial charge is 0.341 e. The van der Waals surface area contributed by atoms with Crippen LogP contribution in [0.25, 0.3) is 0 Å². The lowest BCUT2D eigenvalue weighted by atomic mass is 9.94. The lowest BCUT2D eigenvalue weighted by molar-refractivity contribution is -0.135. The molecule has 7 heteroatoms. The molecule has 2 atom stereocenters. The first kappa shape index (κ1) is 17.9. The molecule has 6 nitrogen and oxygen atoms in total. The third-order valence-corrected chi connectivity index (χ3v) is 4.39. The van der Waals surface area contributed by atoms with Crippen LogP contribution >= 0.6 is 12.4 Å². The van der Waals surface area contributed by atoms with Crippen molar-refractivity contribution in [3.8, 4) is 0 Å². The summed E-state index contributed by atoms with van der Waals surface area (Å²) in [5.74, 6) is 0.925. The summed E-state index contributed by atoms with van der Waals surface area (Å²) in [7, 11) is 0. The predicted molar refractivity (Wildman–Crippen MR) is 84.0 cm³/mol. The Morgan fingerprint density at radius 3 is 2.62 bits per heavy atom. The molecule has 1 aromatic rings. The Hall–Kier alpha value is -1.14. The number of rotatable bonds is 5. The number of carbonyl (C=O) groups excluding carboxylic acids is 1. The van der Waals surface area contributed by atoms with Crippen LogP contribution in [0.2, 0.25) is 0 Å². The van der Waals surface area contributed by atoms with Crippen LogP contribution in [0.3, 0.4) is 0 Å². The van der Waals surface area contributed by atoms with Gasteiger partial charge in [0.15, 0.2) is 0 Å². The van der Waals surface area contributed by atoms with Crippen molar-refractivity contribution in [3.63, 3.8) is 0 Å². The summed E-state index contributed by atoms with van der Waals surface area (Å²) in [6, 6.07) is -0.355. The minimum Gasteiger partial charge on any atom is -0.341 e. The molecule has 1 aliphatic rings. The van der Waals surface area contributed by atoms with E-state index in [1.165, 1.54) is 0 Å². The molecule has 1 aliphatic heterocycles. The maximum absolute atomic E-state index is 12.3. The van der Waals surface area contributed by atoms with Crippen molar-refractivity contribution in [2.75, 3.05) is 13.1 Å². The van der Waals surface area contributed by atoms with Gasteiger partial charge in [-0.25, -0.2) is 0 Å². The molecule has 0 spiro atoms. The van der Waals surface area contributed by atoms with E-state index in [4.69, 9.17) is 5.73 Å². The van der Waals surface area contributed by atoms with Gasteiger partial charge in [0.05, 0.1) is 12.2 Å². The van der Waals surface area contributed by atoms with Gasteiger partial charge in [0.2, 0.25) is 5.91 Å². The molecule has 2 heterocycles. The molecule has 0 saturated carbocycles. The van der Waals surface area contributed by atoms with E-state index < -0.39 is 0 Å². The van der Waals surface area contributed by atoms with Crippen molar-refractivity contribution < 1.29 is 4.79 Å². The summed E-state index contributed by atoms with van der Waals surface area (Å²) in [5, 5.41) is 7.81. The number of piperidine rings is 1. The Bertz CT molecular complexity index is 417. The zero-order valence-corrected chi connectivity index (χ0v) is 13.6. The van der Waals surface area contributed by atoms with E-state index in [0.29, 0.717) is 5.92 Å². The summed E-state index contributed by atoms with van der Waals surface area (Å²) in [4.78, 5) is 14.2. The molecule has 0 aliphatic carbocycles. The first-order valence-corrected chi connectivity index (χ1v) is 7.50. The maximum Gasteiger partial charge on any atom is 0.239 e. The highest BCUT2D eigenvalue weighted by Crippen LogP contribution is 2.20. The van der Waals surface area contributed by atoms with E-state index in [1.54, 1.807) is 6.20 Å². The quantitative estimate of drug-likeness (QED) is 0.889. The van der Waals surface area contributed by atoms with Crippen LogP contribution in [0, 0.1) is 11.8 Å². The number of halogens is 1. The van der Waals surface area contributed by atoms with Crippen LogP contribution in [0.1, 0.15) is 33.1 Å². The van der Waals surface area contributed by atoms with Crippen LogP contribution in [0.4, 0.5) is 0 Å². The van der Waals surface area contributed by atoms with Crippen molar-refractivity contribution in [2.45, 2.75) is 45.7 Å². The van der Waals surface area contributed by atoms with Gasteiger partial charge in [-0.05, 0) is 24.7 Å². The van der Waals surface area contributed by atoms with Crippen LogP contribution in [0.15, 0.2) is 12.4 Å². The summed E-state index contributed by atoms with van der Waals surface area (Å²) < 4.78 is 1.87. The number of carbonyl (C=O) groups is 1. The highest BCUT2D eigenvalue weighted by molar-refractivity contribution is 5.85. The zero-order valence-electron chi connectivity index (χ0n) is 12.8. The summed E-state index contributed by atoms with van der Waals surface area (Å²) in [6.07, 6.45) is 6.55. The molecule has 2 rings (SSSR count). The van der Waals surface area contributed by atoms with E-state index in [1.807, 2.05) is 22.7 Å². The van der Waals surface area contributed by atoms with Gasteiger partial charge in [-0.1, -0.05) is 25.5 Å². The lowest BCUT2D eigenvalue weighted by Gasteiger charge is -2.34. The van der Waals surface area contributed by atoms with Crippen molar-refractivity contribution >= 4 is 18.3 Å². The molecule has 1 aromatic heterocycles. The number of amides is 1. The van der Waals surface area contributed by atoms with Gasteiger partial charge in [-0.3, -0.25) is 9.48 Å². The van der Waals surface area contributed by atoms with Crippen molar-refractivity contribution in [3.05, 3.63) is 12.4 Å². The molecule has 21 heavy (non-hydrogen) atoms.